The smallest absolute Gasteiger partial charge is 0.0704 e. The zero-order valence-corrected chi connectivity index (χ0v) is 16.3. The topological polar surface area (TPSA) is 72.2 Å². The third-order valence-corrected chi connectivity index (χ3v) is 3.83. The fourth-order valence-electron chi connectivity index (χ4n) is 2.18. The summed E-state index contributed by atoms with van der Waals surface area (Å²) in [6.45, 7) is 13.4. The zero-order chi connectivity index (χ0) is 18.2. The van der Waals surface area contributed by atoms with E-state index in [1.54, 1.807) is 7.11 Å². The standard InChI is InChI=1S/C18H39NO5/c1-15(2)14-24-17(4)16(3)18(6-7-19)23-13-12-22-11-10-21-9-8-20-5/h15-18H,6-14,19H2,1-5H3. The van der Waals surface area contributed by atoms with Crippen LogP contribution in [0.4, 0.5) is 0 Å². The van der Waals surface area contributed by atoms with Gasteiger partial charge in [0.1, 0.15) is 0 Å². The Kier molecular flexibility index (Phi) is 16.1. The average molecular weight is 350 g/mol. The molecule has 6 heteroatoms. The van der Waals surface area contributed by atoms with Crippen molar-refractivity contribution in [1.82, 2.24) is 0 Å². The lowest BCUT2D eigenvalue weighted by Gasteiger charge is -2.29. The maximum atomic E-state index is 5.97. The molecule has 0 spiro atoms. The summed E-state index contributed by atoms with van der Waals surface area (Å²) in [5, 5.41) is 0. The van der Waals surface area contributed by atoms with Gasteiger partial charge >= 0.3 is 0 Å². The van der Waals surface area contributed by atoms with Gasteiger partial charge in [0.05, 0.1) is 51.8 Å². The molecule has 0 radical (unpaired) electrons. The zero-order valence-electron chi connectivity index (χ0n) is 16.3. The lowest BCUT2D eigenvalue weighted by atomic mass is 9.96. The van der Waals surface area contributed by atoms with Crippen LogP contribution in [0.5, 0.6) is 0 Å². The lowest BCUT2D eigenvalue weighted by Crippen LogP contribution is -2.34. The van der Waals surface area contributed by atoms with Crippen LogP contribution in [0, 0.1) is 11.8 Å². The summed E-state index contributed by atoms with van der Waals surface area (Å²) in [4.78, 5) is 0. The van der Waals surface area contributed by atoms with Crippen molar-refractivity contribution in [3.05, 3.63) is 0 Å². The summed E-state index contributed by atoms with van der Waals surface area (Å²) in [5.74, 6) is 0.831. The highest BCUT2D eigenvalue weighted by Crippen LogP contribution is 2.18. The molecule has 0 aliphatic rings. The second-order valence-corrected chi connectivity index (χ2v) is 6.50. The summed E-state index contributed by atoms with van der Waals surface area (Å²) in [7, 11) is 1.66. The first kappa shape index (κ1) is 23.8. The molecule has 0 aromatic carbocycles. The minimum Gasteiger partial charge on any atom is -0.382 e. The summed E-state index contributed by atoms with van der Waals surface area (Å²) in [5.41, 5.74) is 5.72. The third-order valence-electron chi connectivity index (χ3n) is 3.83. The van der Waals surface area contributed by atoms with Gasteiger partial charge in [0, 0.05) is 19.6 Å². The predicted molar refractivity (Wildman–Crippen MR) is 96.3 cm³/mol. The van der Waals surface area contributed by atoms with Gasteiger partial charge in [-0.3, -0.25) is 0 Å². The van der Waals surface area contributed by atoms with E-state index >= 15 is 0 Å². The first-order valence-corrected chi connectivity index (χ1v) is 9.10. The van der Waals surface area contributed by atoms with Crippen molar-refractivity contribution in [1.29, 1.82) is 0 Å². The van der Waals surface area contributed by atoms with Crippen LogP contribution in [0.3, 0.4) is 0 Å². The van der Waals surface area contributed by atoms with Crippen molar-refractivity contribution in [3.63, 3.8) is 0 Å². The molecule has 24 heavy (non-hydrogen) atoms. The van der Waals surface area contributed by atoms with Crippen LogP contribution in [-0.4, -0.2) is 72.1 Å². The molecule has 0 fully saturated rings. The second kappa shape index (κ2) is 16.2. The van der Waals surface area contributed by atoms with Gasteiger partial charge in [-0.25, -0.2) is 0 Å². The molecule has 3 unspecified atom stereocenters. The largest absolute Gasteiger partial charge is 0.382 e. The third kappa shape index (κ3) is 13.1. The molecule has 3 atom stereocenters. The molecule has 0 saturated carbocycles. The van der Waals surface area contributed by atoms with Gasteiger partial charge in [0.15, 0.2) is 0 Å². The van der Waals surface area contributed by atoms with E-state index < -0.39 is 0 Å². The van der Waals surface area contributed by atoms with E-state index in [0.29, 0.717) is 58.0 Å². The van der Waals surface area contributed by atoms with Crippen LogP contribution < -0.4 is 5.73 Å². The predicted octanol–water partition coefficient (Wildman–Crippen LogP) is 2.10. The van der Waals surface area contributed by atoms with Crippen molar-refractivity contribution in [3.8, 4) is 0 Å². The highest BCUT2D eigenvalue weighted by Gasteiger charge is 2.23. The quantitative estimate of drug-likeness (QED) is 0.406. The van der Waals surface area contributed by atoms with Crippen LogP contribution in [0.2, 0.25) is 0 Å². The molecule has 0 aliphatic heterocycles. The fraction of sp³-hybridized carbons (Fsp3) is 1.00. The van der Waals surface area contributed by atoms with Gasteiger partial charge in [-0.15, -0.1) is 0 Å². The molecule has 0 heterocycles. The SMILES string of the molecule is COCCOCCOCCOC(CCN)C(C)C(C)OCC(C)C. The Morgan fingerprint density at radius 3 is 1.92 bits per heavy atom. The van der Waals surface area contributed by atoms with Gasteiger partial charge in [0.2, 0.25) is 0 Å². The highest BCUT2D eigenvalue weighted by atomic mass is 16.6. The summed E-state index contributed by atoms with van der Waals surface area (Å²) in [6.07, 6.45) is 1.08. The first-order valence-electron chi connectivity index (χ1n) is 9.10. The molecule has 0 aromatic rings. The second-order valence-electron chi connectivity index (χ2n) is 6.50. The van der Waals surface area contributed by atoms with Gasteiger partial charge in [-0.2, -0.15) is 0 Å². The Bertz CT molecular complexity index is 266. The normalized spacial score (nSPS) is 15.6. The van der Waals surface area contributed by atoms with Crippen molar-refractivity contribution in [2.24, 2.45) is 17.6 Å². The first-order chi connectivity index (χ1) is 11.5. The Balaban J connectivity index is 3.86. The highest BCUT2D eigenvalue weighted by molar-refractivity contribution is 4.73. The van der Waals surface area contributed by atoms with Gasteiger partial charge in [-0.1, -0.05) is 20.8 Å². The van der Waals surface area contributed by atoms with E-state index in [4.69, 9.17) is 29.4 Å². The van der Waals surface area contributed by atoms with Crippen LogP contribution in [0.25, 0.3) is 0 Å². The minimum absolute atomic E-state index is 0.0960. The molecule has 0 rings (SSSR count). The Morgan fingerprint density at radius 2 is 1.38 bits per heavy atom. The fourth-order valence-corrected chi connectivity index (χ4v) is 2.18. The lowest BCUT2D eigenvalue weighted by molar-refractivity contribution is -0.0734. The summed E-state index contributed by atoms with van der Waals surface area (Å²) < 4.78 is 27.6. The van der Waals surface area contributed by atoms with Crippen molar-refractivity contribution >= 4 is 0 Å². The Hall–Kier alpha value is -0.240. The molecular weight excluding hydrogens is 310 g/mol. The average Bonchev–Trinajstić information content (AvgIpc) is 2.56. The molecule has 0 bridgehead atoms. The van der Waals surface area contributed by atoms with Crippen LogP contribution in [0.15, 0.2) is 0 Å². The van der Waals surface area contributed by atoms with Crippen molar-refractivity contribution in [2.75, 3.05) is 59.9 Å². The summed E-state index contributed by atoms with van der Waals surface area (Å²) in [6, 6.07) is 0. The number of nitrogens with two attached hydrogens (primary N) is 1. The molecule has 0 amide bonds. The van der Waals surface area contributed by atoms with E-state index in [1.165, 1.54) is 0 Å². The Morgan fingerprint density at radius 1 is 0.792 bits per heavy atom. The maximum absolute atomic E-state index is 5.97. The summed E-state index contributed by atoms with van der Waals surface area (Å²) >= 11 is 0. The minimum atomic E-state index is 0.0960. The van der Waals surface area contributed by atoms with Gasteiger partial charge in [0.25, 0.3) is 0 Å². The van der Waals surface area contributed by atoms with E-state index in [1.807, 2.05) is 0 Å². The molecular formula is C18H39NO5. The molecule has 146 valence electrons. The van der Waals surface area contributed by atoms with E-state index in [-0.39, 0.29) is 12.2 Å². The van der Waals surface area contributed by atoms with Crippen molar-refractivity contribution < 1.29 is 23.7 Å². The van der Waals surface area contributed by atoms with E-state index in [0.717, 1.165) is 13.0 Å². The number of methoxy groups -OCH3 is 1. The maximum Gasteiger partial charge on any atom is 0.0704 e. The molecule has 0 saturated heterocycles. The number of rotatable bonds is 17. The molecule has 6 nitrogen and oxygen atoms in total. The Labute approximate surface area is 148 Å². The van der Waals surface area contributed by atoms with E-state index in [9.17, 15) is 0 Å². The molecule has 0 aromatic heterocycles. The van der Waals surface area contributed by atoms with Gasteiger partial charge < -0.3 is 29.4 Å². The van der Waals surface area contributed by atoms with Crippen molar-refractivity contribution in [2.45, 2.75) is 46.3 Å². The monoisotopic (exact) mass is 349 g/mol. The number of hydrogen-bond donors (Lipinski definition) is 1. The number of ether oxygens (including phenoxy) is 5. The van der Waals surface area contributed by atoms with Crippen LogP contribution in [0.1, 0.15) is 34.1 Å². The molecule has 0 aliphatic carbocycles. The van der Waals surface area contributed by atoms with Gasteiger partial charge in [-0.05, 0) is 25.8 Å². The van der Waals surface area contributed by atoms with Crippen LogP contribution >= 0.6 is 0 Å². The van der Waals surface area contributed by atoms with Crippen LogP contribution in [-0.2, 0) is 23.7 Å². The molecule has 2 N–H and O–H groups in total. The number of hydrogen-bond acceptors (Lipinski definition) is 6. The van der Waals surface area contributed by atoms with E-state index in [2.05, 4.69) is 27.7 Å².